The molecule has 0 radical (unpaired) electrons. The normalized spacial score (nSPS) is 10.5. The van der Waals surface area contributed by atoms with Gasteiger partial charge in [0.1, 0.15) is 9.34 Å². The Kier molecular flexibility index (Phi) is 4.99. The lowest BCUT2D eigenvalue weighted by Gasteiger charge is -1.98. The topological polar surface area (TPSA) is 24.9 Å². The molecule has 0 saturated carbocycles. The number of thioether (sulfide) groups is 1. The summed E-state index contributed by atoms with van der Waals surface area (Å²) in [6, 6.07) is 0. The zero-order valence-corrected chi connectivity index (χ0v) is 9.23. The van der Waals surface area contributed by atoms with Gasteiger partial charge in [0.15, 0.2) is 0 Å². The van der Waals surface area contributed by atoms with Gasteiger partial charge in [0, 0.05) is 18.8 Å². The lowest BCUT2D eigenvalue weighted by Crippen LogP contribution is -2.16. The predicted octanol–water partition coefficient (Wildman–Crippen LogP) is 2.25. The van der Waals surface area contributed by atoms with Crippen LogP contribution in [0.4, 0.5) is 0 Å². The molecule has 1 N–H and O–H groups in total. The van der Waals surface area contributed by atoms with Crippen LogP contribution in [0.25, 0.3) is 0 Å². The van der Waals surface area contributed by atoms with Gasteiger partial charge in [-0.2, -0.15) is 11.8 Å². The number of rotatable bonds is 5. The third-order valence-corrected chi connectivity index (χ3v) is 3.01. The van der Waals surface area contributed by atoms with E-state index in [0.717, 1.165) is 28.2 Å². The van der Waals surface area contributed by atoms with Gasteiger partial charge in [-0.05, 0) is 6.26 Å². The first-order valence-corrected chi connectivity index (χ1v) is 6.21. The van der Waals surface area contributed by atoms with Gasteiger partial charge in [-0.3, -0.25) is 0 Å². The van der Waals surface area contributed by atoms with E-state index in [-0.39, 0.29) is 0 Å². The highest BCUT2D eigenvalue weighted by molar-refractivity contribution is 7.98. The van der Waals surface area contributed by atoms with Crippen molar-refractivity contribution in [3.05, 3.63) is 15.5 Å². The van der Waals surface area contributed by atoms with Gasteiger partial charge in [-0.1, -0.05) is 11.6 Å². The third-order valence-electron chi connectivity index (χ3n) is 1.28. The van der Waals surface area contributed by atoms with E-state index >= 15 is 0 Å². The number of thiazole rings is 1. The fourth-order valence-corrected chi connectivity index (χ4v) is 2.01. The fourth-order valence-electron chi connectivity index (χ4n) is 0.739. The SMILES string of the molecule is CSCCNCc1ncc(Cl)s1. The van der Waals surface area contributed by atoms with Crippen LogP contribution >= 0.6 is 34.7 Å². The molecule has 2 nitrogen and oxygen atoms in total. The molecule has 1 aromatic heterocycles. The Hall–Kier alpha value is 0.230. The molecule has 0 amide bonds. The highest BCUT2D eigenvalue weighted by Gasteiger charge is 1.97. The summed E-state index contributed by atoms with van der Waals surface area (Å²) in [7, 11) is 0. The van der Waals surface area contributed by atoms with E-state index in [1.54, 1.807) is 6.20 Å². The van der Waals surface area contributed by atoms with Crippen molar-refractivity contribution in [3.63, 3.8) is 0 Å². The number of hydrogen-bond acceptors (Lipinski definition) is 4. The maximum Gasteiger partial charge on any atom is 0.113 e. The van der Waals surface area contributed by atoms with Gasteiger partial charge in [0.2, 0.25) is 0 Å². The predicted molar refractivity (Wildman–Crippen MR) is 57.2 cm³/mol. The fraction of sp³-hybridized carbons (Fsp3) is 0.571. The Morgan fingerprint density at radius 2 is 2.58 bits per heavy atom. The van der Waals surface area contributed by atoms with Crippen LogP contribution in [-0.4, -0.2) is 23.5 Å². The van der Waals surface area contributed by atoms with E-state index < -0.39 is 0 Å². The second kappa shape index (κ2) is 5.80. The average Bonchev–Trinajstić information content (AvgIpc) is 2.45. The molecule has 1 aromatic rings. The van der Waals surface area contributed by atoms with E-state index in [4.69, 9.17) is 11.6 Å². The Labute approximate surface area is 85.7 Å². The monoisotopic (exact) mass is 222 g/mol. The van der Waals surface area contributed by atoms with Crippen molar-refractivity contribution in [2.24, 2.45) is 0 Å². The molecule has 0 aliphatic carbocycles. The van der Waals surface area contributed by atoms with Gasteiger partial charge in [0.05, 0.1) is 6.20 Å². The smallest absolute Gasteiger partial charge is 0.113 e. The second-order valence-electron chi connectivity index (χ2n) is 2.23. The first-order valence-electron chi connectivity index (χ1n) is 3.63. The van der Waals surface area contributed by atoms with E-state index in [2.05, 4.69) is 16.6 Å². The number of aromatic nitrogens is 1. The molecule has 1 heterocycles. The van der Waals surface area contributed by atoms with Crippen molar-refractivity contribution in [1.82, 2.24) is 10.3 Å². The van der Waals surface area contributed by atoms with Crippen LogP contribution < -0.4 is 5.32 Å². The number of nitrogens with one attached hydrogen (secondary N) is 1. The van der Waals surface area contributed by atoms with Crippen LogP contribution in [0.1, 0.15) is 5.01 Å². The molecule has 0 fully saturated rings. The molecule has 0 atom stereocenters. The van der Waals surface area contributed by atoms with Crippen LogP contribution in [0.15, 0.2) is 6.20 Å². The van der Waals surface area contributed by atoms with Crippen LogP contribution in [0.3, 0.4) is 0 Å². The summed E-state index contributed by atoms with van der Waals surface area (Å²) < 4.78 is 0.761. The maximum absolute atomic E-state index is 5.72. The van der Waals surface area contributed by atoms with Crippen molar-refractivity contribution in [1.29, 1.82) is 0 Å². The lowest BCUT2D eigenvalue weighted by molar-refractivity contribution is 0.728. The largest absolute Gasteiger partial charge is 0.310 e. The first kappa shape index (κ1) is 10.3. The van der Waals surface area contributed by atoms with E-state index in [1.165, 1.54) is 11.3 Å². The molecule has 0 unspecified atom stereocenters. The second-order valence-corrected chi connectivity index (χ2v) is 4.96. The van der Waals surface area contributed by atoms with Crippen molar-refractivity contribution in [2.75, 3.05) is 18.6 Å². The average molecular weight is 223 g/mol. The van der Waals surface area contributed by atoms with Gasteiger partial charge in [-0.15, -0.1) is 11.3 Å². The van der Waals surface area contributed by atoms with Gasteiger partial charge in [-0.25, -0.2) is 4.98 Å². The molecule has 0 saturated heterocycles. The highest BCUT2D eigenvalue weighted by atomic mass is 35.5. The summed E-state index contributed by atoms with van der Waals surface area (Å²) in [4.78, 5) is 4.13. The number of hydrogen-bond donors (Lipinski definition) is 1. The van der Waals surface area contributed by atoms with Crippen LogP contribution in [-0.2, 0) is 6.54 Å². The molecule has 12 heavy (non-hydrogen) atoms. The van der Waals surface area contributed by atoms with Gasteiger partial charge < -0.3 is 5.32 Å². The minimum absolute atomic E-state index is 0.761. The summed E-state index contributed by atoms with van der Waals surface area (Å²) in [6.07, 6.45) is 3.79. The summed E-state index contributed by atoms with van der Waals surface area (Å²) in [5, 5.41) is 4.34. The summed E-state index contributed by atoms with van der Waals surface area (Å²) in [6.45, 7) is 1.86. The van der Waals surface area contributed by atoms with Gasteiger partial charge in [0.25, 0.3) is 0 Å². The zero-order chi connectivity index (χ0) is 8.81. The maximum atomic E-state index is 5.72. The minimum Gasteiger partial charge on any atom is -0.310 e. The molecular formula is C7H11ClN2S2. The van der Waals surface area contributed by atoms with E-state index in [0.29, 0.717) is 0 Å². The molecule has 68 valence electrons. The Balaban J connectivity index is 2.15. The quantitative estimate of drug-likeness (QED) is 0.774. The zero-order valence-electron chi connectivity index (χ0n) is 6.84. The molecule has 0 aliphatic rings. The standard InChI is InChI=1S/C7H11ClN2S2/c1-11-3-2-9-5-7-10-4-6(8)12-7/h4,9H,2-3,5H2,1H3. The molecule has 0 bridgehead atoms. The van der Waals surface area contributed by atoms with E-state index in [9.17, 15) is 0 Å². The summed E-state index contributed by atoms with van der Waals surface area (Å²) in [5.74, 6) is 1.14. The molecule has 0 spiro atoms. The summed E-state index contributed by atoms with van der Waals surface area (Å²) >= 11 is 9.09. The van der Waals surface area contributed by atoms with Crippen LogP contribution in [0.2, 0.25) is 4.34 Å². The number of halogens is 1. The first-order chi connectivity index (χ1) is 5.83. The lowest BCUT2D eigenvalue weighted by atomic mass is 10.6. The van der Waals surface area contributed by atoms with Crippen molar-refractivity contribution < 1.29 is 0 Å². The molecule has 1 rings (SSSR count). The van der Waals surface area contributed by atoms with Crippen LogP contribution in [0, 0.1) is 0 Å². The molecule has 5 heteroatoms. The van der Waals surface area contributed by atoms with E-state index in [1.807, 2.05) is 11.8 Å². The van der Waals surface area contributed by atoms with Crippen molar-refractivity contribution in [2.45, 2.75) is 6.54 Å². The van der Waals surface area contributed by atoms with Crippen molar-refractivity contribution in [3.8, 4) is 0 Å². The minimum atomic E-state index is 0.761. The van der Waals surface area contributed by atoms with Gasteiger partial charge >= 0.3 is 0 Å². The highest BCUT2D eigenvalue weighted by Crippen LogP contribution is 2.17. The van der Waals surface area contributed by atoms with Crippen molar-refractivity contribution >= 4 is 34.7 Å². The van der Waals surface area contributed by atoms with Crippen LogP contribution in [0.5, 0.6) is 0 Å². The molecule has 0 aliphatic heterocycles. The number of nitrogens with zero attached hydrogens (tertiary/aromatic N) is 1. The Morgan fingerprint density at radius 1 is 1.75 bits per heavy atom. The molecular weight excluding hydrogens is 212 g/mol. The summed E-state index contributed by atoms with van der Waals surface area (Å²) in [5.41, 5.74) is 0. The Bertz CT molecular complexity index is 227. The Morgan fingerprint density at radius 3 is 3.17 bits per heavy atom. The molecule has 0 aromatic carbocycles. The third kappa shape index (κ3) is 3.76.